The molecule has 4 heteroatoms. The Bertz CT molecular complexity index is 536. The van der Waals surface area contributed by atoms with Gasteiger partial charge in [0.05, 0.1) is 10.7 Å². The second kappa shape index (κ2) is 5.83. The number of benzene rings is 1. The number of nitrogens with one attached hydrogen (secondary N) is 1. The number of aryl methyl sites for hydroxylation is 2. The number of rotatable bonds is 4. The second-order valence-corrected chi connectivity index (χ2v) is 5.96. The van der Waals surface area contributed by atoms with Crippen LogP contribution in [0.2, 0.25) is 5.02 Å². The summed E-state index contributed by atoms with van der Waals surface area (Å²) in [5.74, 6) is 0. The topological polar surface area (TPSA) is 24.9 Å². The Balaban J connectivity index is 2.25. The normalized spacial score (nSPS) is 12.7. The first-order valence-corrected chi connectivity index (χ1v) is 7.16. The van der Waals surface area contributed by atoms with Crippen molar-refractivity contribution in [3.05, 3.63) is 50.4 Å². The molecule has 0 fully saturated rings. The van der Waals surface area contributed by atoms with Crippen LogP contribution >= 0.6 is 22.9 Å². The summed E-state index contributed by atoms with van der Waals surface area (Å²) < 4.78 is 0. The first kappa shape index (κ1) is 13.5. The van der Waals surface area contributed by atoms with Gasteiger partial charge in [-0.1, -0.05) is 29.8 Å². The van der Waals surface area contributed by atoms with Crippen molar-refractivity contribution in [2.75, 3.05) is 7.05 Å². The number of halogens is 1. The van der Waals surface area contributed by atoms with E-state index in [0.717, 1.165) is 22.1 Å². The summed E-state index contributed by atoms with van der Waals surface area (Å²) in [7, 11) is 1.98. The van der Waals surface area contributed by atoms with Crippen molar-refractivity contribution >= 4 is 22.9 Å². The minimum atomic E-state index is 0.274. The van der Waals surface area contributed by atoms with Gasteiger partial charge in [0.15, 0.2) is 0 Å². The summed E-state index contributed by atoms with van der Waals surface area (Å²) in [5, 5.41) is 5.30. The Kier molecular flexibility index (Phi) is 4.38. The highest BCUT2D eigenvalue weighted by molar-refractivity contribution is 7.11. The van der Waals surface area contributed by atoms with Gasteiger partial charge in [-0.05, 0) is 38.9 Å². The Morgan fingerprint density at radius 1 is 1.33 bits per heavy atom. The maximum absolute atomic E-state index is 6.22. The van der Waals surface area contributed by atoms with E-state index in [1.54, 1.807) is 11.3 Å². The van der Waals surface area contributed by atoms with Crippen LogP contribution in [-0.2, 0) is 6.42 Å². The van der Waals surface area contributed by atoms with Gasteiger partial charge >= 0.3 is 0 Å². The molecule has 0 aliphatic carbocycles. The molecule has 1 aromatic heterocycles. The van der Waals surface area contributed by atoms with Crippen molar-refractivity contribution < 1.29 is 0 Å². The second-order valence-electron chi connectivity index (χ2n) is 4.32. The van der Waals surface area contributed by atoms with Gasteiger partial charge in [0.1, 0.15) is 0 Å². The number of hydrogen-bond acceptors (Lipinski definition) is 3. The molecule has 1 heterocycles. The maximum atomic E-state index is 6.22. The molecular formula is C14H17ClN2S. The molecule has 0 amide bonds. The highest BCUT2D eigenvalue weighted by Gasteiger charge is 2.17. The Hall–Kier alpha value is -0.900. The Morgan fingerprint density at radius 2 is 2.06 bits per heavy atom. The highest BCUT2D eigenvalue weighted by atomic mass is 35.5. The van der Waals surface area contributed by atoms with E-state index in [1.807, 2.05) is 32.2 Å². The average Bonchev–Trinajstić information content (AvgIpc) is 2.67. The van der Waals surface area contributed by atoms with E-state index in [-0.39, 0.29) is 6.04 Å². The fraction of sp³-hybridized carbons (Fsp3) is 0.357. The summed E-state index contributed by atoms with van der Waals surface area (Å²) in [6.07, 6.45) is 0.888. The lowest BCUT2D eigenvalue weighted by atomic mass is 10.0. The third-order valence-electron chi connectivity index (χ3n) is 2.99. The zero-order chi connectivity index (χ0) is 13.1. The van der Waals surface area contributed by atoms with Crippen molar-refractivity contribution in [2.45, 2.75) is 26.3 Å². The third kappa shape index (κ3) is 2.91. The predicted molar refractivity (Wildman–Crippen MR) is 78.5 cm³/mol. The molecule has 1 aromatic carbocycles. The van der Waals surface area contributed by atoms with Gasteiger partial charge in [-0.3, -0.25) is 0 Å². The molecule has 0 saturated heterocycles. The van der Waals surface area contributed by atoms with E-state index in [4.69, 9.17) is 11.6 Å². The van der Waals surface area contributed by atoms with Crippen molar-refractivity contribution in [3.8, 4) is 0 Å². The van der Waals surface area contributed by atoms with Crippen LogP contribution in [0.1, 0.15) is 27.2 Å². The molecule has 0 radical (unpaired) electrons. The molecule has 1 unspecified atom stereocenters. The molecule has 0 aliphatic rings. The first-order chi connectivity index (χ1) is 8.61. The zero-order valence-corrected chi connectivity index (χ0v) is 12.4. The number of thiazole rings is 1. The molecule has 1 N–H and O–H groups in total. The molecule has 2 aromatic rings. The van der Waals surface area contributed by atoms with E-state index in [9.17, 15) is 0 Å². The highest BCUT2D eigenvalue weighted by Crippen LogP contribution is 2.29. The number of hydrogen-bond donors (Lipinski definition) is 1. The van der Waals surface area contributed by atoms with E-state index < -0.39 is 0 Å². The molecule has 1 atom stereocenters. The molecule has 0 spiro atoms. The van der Waals surface area contributed by atoms with Gasteiger partial charge in [0.2, 0.25) is 0 Å². The van der Waals surface area contributed by atoms with Crippen LogP contribution in [-0.4, -0.2) is 12.0 Å². The van der Waals surface area contributed by atoms with Crippen molar-refractivity contribution in [3.63, 3.8) is 0 Å². The minimum Gasteiger partial charge on any atom is -0.312 e. The lowest BCUT2D eigenvalue weighted by Gasteiger charge is -2.16. The number of aromatic nitrogens is 1. The molecule has 2 rings (SSSR count). The average molecular weight is 281 g/mol. The van der Waals surface area contributed by atoms with Gasteiger partial charge in [0, 0.05) is 15.9 Å². The monoisotopic (exact) mass is 280 g/mol. The molecule has 0 aliphatic heterocycles. The third-order valence-corrected chi connectivity index (χ3v) is 4.54. The van der Waals surface area contributed by atoms with Gasteiger partial charge in [-0.2, -0.15) is 0 Å². The summed E-state index contributed by atoms with van der Waals surface area (Å²) in [6.45, 7) is 4.11. The molecule has 96 valence electrons. The van der Waals surface area contributed by atoms with E-state index in [1.165, 1.54) is 10.4 Å². The number of likely N-dealkylation sites (N-methyl/N-ethyl adjacent to an activating group) is 1. The smallest absolute Gasteiger partial charge is 0.0900 e. The number of nitrogens with zero attached hydrogens (tertiary/aromatic N) is 1. The van der Waals surface area contributed by atoms with Crippen LogP contribution in [0.5, 0.6) is 0 Å². The summed E-state index contributed by atoms with van der Waals surface area (Å²) in [5.41, 5.74) is 2.29. The van der Waals surface area contributed by atoms with E-state index in [0.29, 0.717) is 0 Å². The van der Waals surface area contributed by atoms with E-state index in [2.05, 4.69) is 23.3 Å². The van der Waals surface area contributed by atoms with Crippen LogP contribution in [0, 0.1) is 13.8 Å². The predicted octanol–water partition coefficient (Wildman–Crippen LogP) is 3.92. The van der Waals surface area contributed by atoms with Crippen LogP contribution in [0.3, 0.4) is 0 Å². The van der Waals surface area contributed by atoms with Gasteiger partial charge in [-0.25, -0.2) is 4.98 Å². The maximum Gasteiger partial charge on any atom is 0.0900 e. The van der Waals surface area contributed by atoms with Gasteiger partial charge in [-0.15, -0.1) is 11.3 Å². The fourth-order valence-electron chi connectivity index (χ4n) is 2.08. The quantitative estimate of drug-likeness (QED) is 0.918. The molecule has 2 nitrogen and oxygen atoms in total. The Morgan fingerprint density at radius 3 is 2.61 bits per heavy atom. The Labute approximate surface area is 117 Å². The van der Waals surface area contributed by atoms with Crippen LogP contribution in [0.25, 0.3) is 0 Å². The lowest BCUT2D eigenvalue weighted by Crippen LogP contribution is -2.18. The summed E-state index contributed by atoms with van der Waals surface area (Å²) >= 11 is 7.97. The first-order valence-electron chi connectivity index (χ1n) is 5.96. The van der Waals surface area contributed by atoms with Crippen molar-refractivity contribution in [2.24, 2.45) is 0 Å². The molecule has 0 saturated carbocycles. The largest absolute Gasteiger partial charge is 0.312 e. The van der Waals surface area contributed by atoms with Crippen LogP contribution < -0.4 is 5.32 Å². The van der Waals surface area contributed by atoms with Gasteiger partial charge < -0.3 is 5.32 Å². The van der Waals surface area contributed by atoms with Gasteiger partial charge in [0.25, 0.3) is 0 Å². The lowest BCUT2D eigenvalue weighted by molar-refractivity contribution is 0.598. The molecule has 18 heavy (non-hydrogen) atoms. The zero-order valence-electron chi connectivity index (χ0n) is 10.8. The molecule has 0 bridgehead atoms. The van der Waals surface area contributed by atoms with Crippen molar-refractivity contribution in [1.29, 1.82) is 0 Å². The molecular weight excluding hydrogens is 264 g/mol. The summed E-state index contributed by atoms with van der Waals surface area (Å²) in [4.78, 5) is 5.79. The minimum absolute atomic E-state index is 0.274. The summed E-state index contributed by atoms with van der Waals surface area (Å²) in [6, 6.07) is 8.28. The SMILES string of the molecule is CNC(Cc1ccccc1Cl)c1sc(C)nc1C. The van der Waals surface area contributed by atoms with E-state index >= 15 is 0 Å². The fourth-order valence-corrected chi connectivity index (χ4v) is 3.33. The standard InChI is InChI=1S/C14H17ClN2S/c1-9-14(18-10(2)17-9)13(16-3)8-11-6-4-5-7-12(11)15/h4-7,13,16H,8H2,1-3H3. The van der Waals surface area contributed by atoms with Crippen molar-refractivity contribution in [1.82, 2.24) is 10.3 Å². The van der Waals surface area contributed by atoms with Crippen LogP contribution in [0.15, 0.2) is 24.3 Å². The van der Waals surface area contributed by atoms with Crippen LogP contribution in [0.4, 0.5) is 0 Å².